The number of hydrogen-bond acceptors (Lipinski definition) is 2. The summed E-state index contributed by atoms with van der Waals surface area (Å²) in [7, 11) is 0. The van der Waals surface area contributed by atoms with Crippen molar-refractivity contribution in [1.29, 1.82) is 0 Å². The number of carbonyl (C=O) groups excluding carboxylic acids is 1. The fourth-order valence-corrected chi connectivity index (χ4v) is 3.65. The Morgan fingerprint density at radius 3 is 2.19 bits per heavy atom. The molecule has 1 fully saturated rings. The van der Waals surface area contributed by atoms with Crippen LogP contribution in [0.1, 0.15) is 22.3 Å². The summed E-state index contributed by atoms with van der Waals surface area (Å²) in [6.45, 7) is 2.87. The molecule has 3 aromatic rings. The molecule has 1 aliphatic heterocycles. The summed E-state index contributed by atoms with van der Waals surface area (Å²) in [6.07, 6.45) is 1.00. The van der Waals surface area contributed by atoms with Gasteiger partial charge < -0.3 is 5.32 Å². The van der Waals surface area contributed by atoms with Crippen LogP contribution in [0, 0.1) is 0 Å². The first kappa shape index (κ1) is 17.5. The monoisotopic (exact) mass is 356 g/mol. The molecule has 0 aliphatic carbocycles. The molecule has 1 saturated heterocycles. The zero-order chi connectivity index (χ0) is 18.5. The maximum absolute atomic E-state index is 12.6. The summed E-state index contributed by atoms with van der Waals surface area (Å²) in [4.78, 5) is 15.0. The Morgan fingerprint density at radius 2 is 1.48 bits per heavy atom. The molecule has 27 heavy (non-hydrogen) atoms. The third kappa shape index (κ3) is 4.44. The van der Waals surface area contributed by atoms with E-state index in [1.165, 1.54) is 5.56 Å². The zero-order valence-corrected chi connectivity index (χ0v) is 15.3. The number of nitrogens with one attached hydrogen (secondary N) is 1. The van der Waals surface area contributed by atoms with Gasteiger partial charge in [-0.2, -0.15) is 0 Å². The third-order valence-corrected chi connectivity index (χ3v) is 5.11. The quantitative estimate of drug-likeness (QED) is 0.737. The minimum atomic E-state index is 0.0150. The molecule has 1 aliphatic rings. The summed E-state index contributed by atoms with van der Waals surface area (Å²) in [5, 5.41) is 3.19. The van der Waals surface area contributed by atoms with Gasteiger partial charge in [-0.25, -0.2) is 0 Å². The van der Waals surface area contributed by atoms with Crippen molar-refractivity contribution in [2.24, 2.45) is 0 Å². The number of hydrogen-bond donors (Lipinski definition) is 1. The van der Waals surface area contributed by atoms with Crippen molar-refractivity contribution in [3.63, 3.8) is 0 Å². The van der Waals surface area contributed by atoms with Gasteiger partial charge in [0.1, 0.15) is 0 Å². The highest BCUT2D eigenvalue weighted by Gasteiger charge is 2.24. The van der Waals surface area contributed by atoms with E-state index in [1.807, 2.05) is 48.5 Å². The van der Waals surface area contributed by atoms with Crippen molar-refractivity contribution < 1.29 is 4.79 Å². The lowest BCUT2D eigenvalue weighted by molar-refractivity contribution is 0.0937. The number of likely N-dealkylation sites (tertiary alicyclic amines) is 1. The highest BCUT2D eigenvalue weighted by atomic mass is 16.1. The summed E-state index contributed by atoms with van der Waals surface area (Å²) < 4.78 is 0. The normalized spacial score (nSPS) is 17.0. The van der Waals surface area contributed by atoms with E-state index in [9.17, 15) is 4.79 Å². The molecule has 136 valence electrons. The fourth-order valence-electron chi connectivity index (χ4n) is 3.65. The summed E-state index contributed by atoms with van der Waals surface area (Å²) in [6, 6.07) is 28.8. The molecular weight excluding hydrogens is 332 g/mol. The average Bonchev–Trinajstić information content (AvgIpc) is 3.16. The van der Waals surface area contributed by atoms with Gasteiger partial charge in [0.15, 0.2) is 0 Å². The number of carbonyl (C=O) groups is 1. The molecule has 0 saturated carbocycles. The molecule has 3 aromatic carbocycles. The SMILES string of the molecule is O=C(N[C@H]1CCN(Cc2ccccc2)C1)c1ccc(-c2ccccc2)cc1. The molecule has 0 unspecified atom stereocenters. The van der Waals surface area contributed by atoms with E-state index in [0.29, 0.717) is 0 Å². The summed E-state index contributed by atoms with van der Waals surface area (Å²) in [5.41, 5.74) is 4.33. The van der Waals surface area contributed by atoms with E-state index in [4.69, 9.17) is 0 Å². The van der Waals surface area contributed by atoms with E-state index in [0.717, 1.165) is 42.7 Å². The van der Waals surface area contributed by atoms with Crippen LogP contribution in [0.5, 0.6) is 0 Å². The first-order valence-electron chi connectivity index (χ1n) is 9.50. The number of amides is 1. The summed E-state index contributed by atoms with van der Waals surface area (Å²) >= 11 is 0. The minimum Gasteiger partial charge on any atom is -0.348 e. The van der Waals surface area contributed by atoms with E-state index in [-0.39, 0.29) is 11.9 Å². The van der Waals surface area contributed by atoms with Crippen LogP contribution < -0.4 is 5.32 Å². The van der Waals surface area contributed by atoms with Gasteiger partial charge in [-0.05, 0) is 35.2 Å². The lowest BCUT2D eigenvalue weighted by atomic mass is 10.0. The average molecular weight is 356 g/mol. The highest BCUT2D eigenvalue weighted by molar-refractivity contribution is 5.94. The largest absolute Gasteiger partial charge is 0.348 e. The lowest BCUT2D eigenvalue weighted by Gasteiger charge is -2.17. The van der Waals surface area contributed by atoms with Crippen molar-refractivity contribution in [2.75, 3.05) is 13.1 Å². The molecule has 1 amide bonds. The van der Waals surface area contributed by atoms with Crippen LogP contribution in [-0.4, -0.2) is 29.9 Å². The molecule has 3 nitrogen and oxygen atoms in total. The van der Waals surface area contributed by atoms with E-state index >= 15 is 0 Å². The molecule has 0 bridgehead atoms. The van der Waals surface area contributed by atoms with Crippen LogP contribution in [-0.2, 0) is 6.54 Å². The van der Waals surface area contributed by atoms with Gasteiger partial charge in [0.25, 0.3) is 5.91 Å². The number of rotatable bonds is 5. The lowest BCUT2D eigenvalue weighted by Crippen LogP contribution is -2.36. The second kappa shape index (κ2) is 8.19. The Hall–Kier alpha value is -2.91. The first-order chi connectivity index (χ1) is 13.3. The van der Waals surface area contributed by atoms with E-state index in [1.54, 1.807) is 0 Å². The highest BCUT2D eigenvalue weighted by Crippen LogP contribution is 2.20. The smallest absolute Gasteiger partial charge is 0.251 e. The van der Waals surface area contributed by atoms with Gasteiger partial charge in [-0.15, -0.1) is 0 Å². The predicted molar refractivity (Wildman–Crippen MR) is 109 cm³/mol. The Bertz CT molecular complexity index is 875. The zero-order valence-electron chi connectivity index (χ0n) is 15.3. The number of benzene rings is 3. The number of nitrogens with zero attached hydrogens (tertiary/aromatic N) is 1. The molecule has 0 spiro atoms. The molecule has 1 atom stereocenters. The van der Waals surface area contributed by atoms with Crippen LogP contribution in [0.25, 0.3) is 11.1 Å². The van der Waals surface area contributed by atoms with Gasteiger partial charge in [0.2, 0.25) is 0 Å². The van der Waals surface area contributed by atoms with Crippen molar-refractivity contribution in [3.8, 4) is 11.1 Å². The Kier molecular flexibility index (Phi) is 5.31. The predicted octanol–water partition coefficient (Wildman–Crippen LogP) is 4.36. The molecular formula is C24H24N2O. The van der Waals surface area contributed by atoms with Crippen LogP contribution in [0.4, 0.5) is 0 Å². The Labute approximate surface area is 160 Å². The standard InChI is InChI=1S/C24H24N2O/c27-24(22-13-11-21(12-14-22)20-9-5-2-6-10-20)25-23-15-16-26(18-23)17-19-7-3-1-4-8-19/h1-14,23H,15-18H2,(H,25,27)/t23-/m0/s1. The van der Waals surface area contributed by atoms with Gasteiger partial charge >= 0.3 is 0 Å². The Morgan fingerprint density at radius 1 is 0.852 bits per heavy atom. The van der Waals surface area contributed by atoms with Crippen LogP contribution in [0.15, 0.2) is 84.9 Å². The summed E-state index contributed by atoms with van der Waals surface area (Å²) in [5.74, 6) is 0.0150. The van der Waals surface area contributed by atoms with Crippen LogP contribution in [0.3, 0.4) is 0 Å². The van der Waals surface area contributed by atoms with Gasteiger partial charge in [0.05, 0.1) is 0 Å². The molecule has 4 rings (SSSR count). The topological polar surface area (TPSA) is 32.3 Å². The van der Waals surface area contributed by atoms with Gasteiger partial charge in [-0.3, -0.25) is 9.69 Å². The van der Waals surface area contributed by atoms with Crippen molar-refractivity contribution >= 4 is 5.91 Å². The second-order valence-corrected chi connectivity index (χ2v) is 7.12. The van der Waals surface area contributed by atoms with Crippen molar-refractivity contribution in [2.45, 2.75) is 19.0 Å². The van der Waals surface area contributed by atoms with Crippen molar-refractivity contribution in [1.82, 2.24) is 10.2 Å². The molecule has 0 aromatic heterocycles. The maximum atomic E-state index is 12.6. The molecule has 3 heteroatoms. The van der Waals surface area contributed by atoms with Gasteiger partial charge in [-0.1, -0.05) is 72.8 Å². The van der Waals surface area contributed by atoms with E-state index in [2.05, 4.69) is 46.6 Å². The van der Waals surface area contributed by atoms with Crippen LogP contribution in [0.2, 0.25) is 0 Å². The Balaban J connectivity index is 1.33. The van der Waals surface area contributed by atoms with E-state index < -0.39 is 0 Å². The first-order valence-corrected chi connectivity index (χ1v) is 9.50. The van der Waals surface area contributed by atoms with Gasteiger partial charge in [0, 0.05) is 31.2 Å². The third-order valence-electron chi connectivity index (χ3n) is 5.11. The van der Waals surface area contributed by atoms with Crippen molar-refractivity contribution in [3.05, 3.63) is 96.1 Å². The fraction of sp³-hybridized carbons (Fsp3) is 0.208. The minimum absolute atomic E-state index is 0.0150. The van der Waals surface area contributed by atoms with Crippen LogP contribution >= 0.6 is 0 Å². The molecule has 1 heterocycles. The maximum Gasteiger partial charge on any atom is 0.251 e. The molecule has 0 radical (unpaired) electrons. The molecule has 1 N–H and O–H groups in total. The second-order valence-electron chi connectivity index (χ2n) is 7.12.